The van der Waals surface area contributed by atoms with Gasteiger partial charge in [0.15, 0.2) is 0 Å². The van der Waals surface area contributed by atoms with E-state index in [1.165, 1.54) is 36.4 Å². The van der Waals surface area contributed by atoms with Crippen molar-refractivity contribution in [1.82, 2.24) is 0 Å². The van der Waals surface area contributed by atoms with Crippen LogP contribution in [0.4, 0.5) is 18.9 Å². The predicted molar refractivity (Wildman–Crippen MR) is 115 cm³/mol. The largest absolute Gasteiger partial charge is 0.481 e. The average Bonchev–Trinajstić information content (AvgIpc) is 2.67. The van der Waals surface area contributed by atoms with Crippen LogP contribution >= 0.6 is 23.2 Å². The van der Waals surface area contributed by atoms with Crippen LogP contribution in [0.25, 0.3) is 0 Å². The van der Waals surface area contributed by atoms with Crippen LogP contribution in [-0.2, 0) is 9.59 Å². The first-order valence-corrected chi connectivity index (χ1v) is 10.4. The number of aliphatic carboxylic acids is 1. The second kappa shape index (κ2) is 10.9. The lowest BCUT2D eigenvalue weighted by molar-refractivity contribution is -0.146. The third kappa shape index (κ3) is 7.74. The molecule has 0 aliphatic heterocycles. The Labute approximate surface area is 188 Å². The highest BCUT2D eigenvalue weighted by Crippen LogP contribution is 2.35. The van der Waals surface area contributed by atoms with E-state index in [0.717, 1.165) is 6.42 Å². The number of amides is 1. The lowest BCUT2D eigenvalue weighted by Crippen LogP contribution is -2.26. The van der Waals surface area contributed by atoms with E-state index >= 15 is 0 Å². The summed E-state index contributed by atoms with van der Waals surface area (Å²) in [5.74, 6) is -3.64. The molecule has 31 heavy (non-hydrogen) atoms. The van der Waals surface area contributed by atoms with Crippen molar-refractivity contribution in [2.75, 3.05) is 5.32 Å². The topological polar surface area (TPSA) is 66.4 Å². The molecular weight excluding hydrogens is 454 g/mol. The van der Waals surface area contributed by atoms with Crippen molar-refractivity contribution >= 4 is 40.8 Å². The lowest BCUT2D eigenvalue weighted by atomic mass is 9.91. The molecular formula is C22H22Cl2F3NO3. The van der Waals surface area contributed by atoms with Crippen molar-refractivity contribution in [2.45, 2.75) is 50.6 Å². The monoisotopic (exact) mass is 475 g/mol. The minimum Gasteiger partial charge on any atom is -0.481 e. The number of hydrogen-bond acceptors (Lipinski definition) is 2. The van der Waals surface area contributed by atoms with Crippen molar-refractivity contribution in [2.24, 2.45) is 0 Å². The quantitative estimate of drug-likeness (QED) is 0.409. The first kappa shape index (κ1) is 25.0. The van der Waals surface area contributed by atoms with Gasteiger partial charge in [0, 0.05) is 5.02 Å². The van der Waals surface area contributed by atoms with E-state index in [4.69, 9.17) is 28.3 Å². The standard InChI is InChI=1S/C22H22Cl2F3NO3/c1-2-3-14(11-20(29)30)15-6-9-18(24)19(10-15)28-21(31)17(12-22(25,26)27)13-4-7-16(23)8-5-13/h4-10,14,17H,2-3,11-12H2,1H3,(H,28,31)(H,29,30)/t14-,17-/m0/s1. The van der Waals surface area contributed by atoms with E-state index in [1.807, 2.05) is 6.92 Å². The number of carbonyl (C=O) groups is 2. The van der Waals surface area contributed by atoms with Gasteiger partial charge in [0.25, 0.3) is 0 Å². The van der Waals surface area contributed by atoms with Gasteiger partial charge in [-0.25, -0.2) is 0 Å². The molecule has 1 amide bonds. The van der Waals surface area contributed by atoms with Crippen LogP contribution in [0.1, 0.15) is 55.6 Å². The van der Waals surface area contributed by atoms with Gasteiger partial charge in [0.1, 0.15) is 0 Å². The third-order valence-electron chi connectivity index (χ3n) is 4.80. The number of carbonyl (C=O) groups excluding carboxylic acids is 1. The highest BCUT2D eigenvalue weighted by atomic mass is 35.5. The number of hydrogen-bond donors (Lipinski definition) is 2. The van der Waals surface area contributed by atoms with Crippen molar-refractivity contribution in [3.63, 3.8) is 0 Å². The summed E-state index contributed by atoms with van der Waals surface area (Å²) in [6, 6.07) is 10.3. The molecule has 0 heterocycles. The molecule has 0 spiro atoms. The number of carboxylic acid groups (broad SMARTS) is 1. The van der Waals surface area contributed by atoms with Crippen LogP contribution < -0.4 is 5.32 Å². The molecule has 0 aliphatic carbocycles. The van der Waals surface area contributed by atoms with E-state index in [1.54, 1.807) is 6.07 Å². The average molecular weight is 476 g/mol. The molecule has 0 unspecified atom stereocenters. The fourth-order valence-electron chi connectivity index (χ4n) is 3.35. The van der Waals surface area contributed by atoms with E-state index in [9.17, 15) is 22.8 Å². The Balaban J connectivity index is 2.33. The number of carboxylic acids is 1. The SMILES string of the molecule is CCC[C@@H](CC(=O)O)c1ccc(Cl)c(NC(=O)[C@@H](CC(F)(F)F)c2ccc(Cl)cc2)c1. The maximum absolute atomic E-state index is 13.1. The van der Waals surface area contributed by atoms with Crippen molar-refractivity contribution in [3.8, 4) is 0 Å². The van der Waals surface area contributed by atoms with Gasteiger partial charge in [0.05, 0.1) is 29.5 Å². The van der Waals surface area contributed by atoms with Crippen molar-refractivity contribution in [3.05, 3.63) is 63.6 Å². The van der Waals surface area contributed by atoms with Crippen molar-refractivity contribution in [1.29, 1.82) is 0 Å². The van der Waals surface area contributed by atoms with Crippen LogP contribution in [0.3, 0.4) is 0 Å². The maximum atomic E-state index is 13.1. The van der Waals surface area contributed by atoms with Gasteiger partial charge in [0.2, 0.25) is 5.91 Å². The Morgan fingerprint density at radius 2 is 1.68 bits per heavy atom. The van der Waals surface area contributed by atoms with Crippen LogP contribution in [-0.4, -0.2) is 23.2 Å². The Morgan fingerprint density at radius 1 is 1.06 bits per heavy atom. The van der Waals surface area contributed by atoms with Gasteiger partial charge in [-0.1, -0.05) is 54.7 Å². The van der Waals surface area contributed by atoms with Crippen LogP contribution in [0, 0.1) is 0 Å². The highest BCUT2D eigenvalue weighted by Gasteiger charge is 2.36. The maximum Gasteiger partial charge on any atom is 0.390 e. The van der Waals surface area contributed by atoms with E-state index in [0.29, 0.717) is 17.0 Å². The Kier molecular flexibility index (Phi) is 8.77. The molecule has 4 nitrogen and oxygen atoms in total. The molecule has 0 saturated carbocycles. The van der Waals surface area contributed by atoms with E-state index < -0.39 is 30.4 Å². The van der Waals surface area contributed by atoms with Gasteiger partial charge in [-0.3, -0.25) is 9.59 Å². The lowest BCUT2D eigenvalue weighted by Gasteiger charge is -2.21. The van der Waals surface area contributed by atoms with Crippen LogP contribution in [0.2, 0.25) is 10.0 Å². The predicted octanol–water partition coefficient (Wildman–Crippen LogP) is 7.03. The smallest absolute Gasteiger partial charge is 0.390 e. The number of anilines is 1. The Hall–Kier alpha value is -2.25. The Morgan fingerprint density at radius 3 is 2.23 bits per heavy atom. The molecule has 0 bridgehead atoms. The minimum absolute atomic E-state index is 0.107. The summed E-state index contributed by atoms with van der Waals surface area (Å²) < 4.78 is 39.4. The summed E-state index contributed by atoms with van der Waals surface area (Å²) in [5, 5.41) is 12.1. The molecule has 0 aromatic heterocycles. The first-order valence-electron chi connectivity index (χ1n) is 9.64. The molecule has 0 saturated heterocycles. The summed E-state index contributed by atoms with van der Waals surface area (Å²) >= 11 is 12.0. The molecule has 2 rings (SSSR count). The van der Waals surface area contributed by atoms with Gasteiger partial charge in [-0.2, -0.15) is 13.2 Å². The molecule has 0 aliphatic rings. The molecule has 0 radical (unpaired) electrons. The number of halogens is 5. The van der Waals surface area contributed by atoms with Gasteiger partial charge < -0.3 is 10.4 Å². The van der Waals surface area contributed by atoms with Crippen molar-refractivity contribution < 1.29 is 27.9 Å². The van der Waals surface area contributed by atoms with Gasteiger partial charge >= 0.3 is 12.1 Å². The fraction of sp³-hybridized carbons (Fsp3) is 0.364. The molecule has 2 N–H and O–H groups in total. The molecule has 2 aromatic carbocycles. The fourth-order valence-corrected chi connectivity index (χ4v) is 3.64. The Bertz CT molecular complexity index is 917. The third-order valence-corrected chi connectivity index (χ3v) is 5.38. The molecule has 9 heteroatoms. The zero-order chi connectivity index (χ0) is 23.2. The molecule has 2 atom stereocenters. The summed E-state index contributed by atoms with van der Waals surface area (Å²) in [6.07, 6.45) is -4.68. The summed E-state index contributed by atoms with van der Waals surface area (Å²) in [5.41, 5.74) is 0.945. The van der Waals surface area contributed by atoms with E-state index in [-0.39, 0.29) is 28.6 Å². The zero-order valence-electron chi connectivity index (χ0n) is 16.7. The first-order chi connectivity index (χ1) is 14.5. The number of nitrogens with one attached hydrogen (secondary N) is 1. The normalized spacial score (nSPS) is 13.5. The van der Waals surface area contributed by atoms with Gasteiger partial charge in [-0.15, -0.1) is 0 Å². The minimum atomic E-state index is -4.57. The number of alkyl halides is 3. The highest BCUT2D eigenvalue weighted by molar-refractivity contribution is 6.33. The number of rotatable bonds is 9. The summed E-state index contributed by atoms with van der Waals surface area (Å²) in [7, 11) is 0. The van der Waals surface area contributed by atoms with Crippen LogP contribution in [0.15, 0.2) is 42.5 Å². The van der Waals surface area contributed by atoms with Crippen LogP contribution in [0.5, 0.6) is 0 Å². The molecule has 168 valence electrons. The van der Waals surface area contributed by atoms with Gasteiger partial charge in [-0.05, 0) is 47.7 Å². The summed E-state index contributed by atoms with van der Waals surface area (Å²) in [6.45, 7) is 1.92. The molecule has 2 aromatic rings. The second-order valence-electron chi connectivity index (χ2n) is 7.24. The molecule has 0 fully saturated rings. The zero-order valence-corrected chi connectivity index (χ0v) is 18.2. The summed E-state index contributed by atoms with van der Waals surface area (Å²) in [4.78, 5) is 24.0. The second-order valence-corrected chi connectivity index (χ2v) is 8.08. The number of benzene rings is 2. The van der Waals surface area contributed by atoms with E-state index in [2.05, 4.69) is 5.32 Å².